The van der Waals surface area contributed by atoms with Crippen LogP contribution in [0.3, 0.4) is 0 Å². The molecule has 26 heavy (non-hydrogen) atoms. The Morgan fingerprint density at radius 1 is 1.04 bits per heavy atom. The molecule has 1 fully saturated rings. The van der Waals surface area contributed by atoms with Gasteiger partial charge in [-0.15, -0.1) is 0 Å². The Bertz CT molecular complexity index is 763. The van der Waals surface area contributed by atoms with Crippen LogP contribution in [-0.2, 0) is 0 Å². The molecule has 0 radical (unpaired) electrons. The SMILES string of the molecule is CCN1CCN(c2ccc(C(=O)Nc3ccc(C(C)=O)cc3)nc2)CC1. The maximum Gasteiger partial charge on any atom is 0.274 e. The average Bonchev–Trinajstić information content (AvgIpc) is 2.68. The van der Waals surface area contributed by atoms with Crippen LogP contribution in [0.25, 0.3) is 0 Å². The van der Waals surface area contributed by atoms with Crippen molar-refractivity contribution in [2.45, 2.75) is 13.8 Å². The molecule has 0 saturated carbocycles. The van der Waals surface area contributed by atoms with E-state index in [2.05, 4.69) is 27.0 Å². The molecule has 1 aromatic heterocycles. The van der Waals surface area contributed by atoms with Crippen LogP contribution in [0.15, 0.2) is 42.6 Å². The summed E-state index contributed by atoms with van der Waals surface area (Å²) in [7, 11) is 0. The highest BCUT2D eigenvalue weighted by Gasteiger charge is 2.16. The zero-order valence-electron chi connectivity index (χ0n) is 15.2. The Balaban J connectivity index is 1.61. The van der Waals surface area contributed by atoms with Crippen molar-refractivity contribution in [2.24, 2.45) is 0 Å². The molecular formula is C20H24N4O2. The van der Waals surface area contributed by atoms with Gasteiger partial charge in [-0.2, -0.15) is 0 Å². The quantitative estimate of drug-likeness (QED) is 0.838. The van der Waals surface area contributed by atoms with Crippen molar-refractivity contribution >= 4 is 23.1 Å². The van der Waals surface area contributed by atoms with Gasteiger partial charge in [0.15, 0.2) is 5.78 Å². The molecular weight excluding hydrogens is 328 g/mol. The van der Waals surface area contributed by atoms with Crippen LogP contribution in [0.1, 0.15) is 34.7 Å². The molecule has 6 nitrogen and oxygen atoms in total. The van der Waals surface area contributed by atoms with Crippen LogP contribution in [0.4, 0.5) is 11.4 Å². The number of carbonyl (C=O) groups is 2. The van der Waals surface area contributed by atoms with Crippen LogP contribution >= 0.6 is 0 Å². The van der Waals surface area contributed by atoms with Gasteiger partial charge in [-0.05, 0) is 49.9 Å². The van der Waals surface area contributed by atoms with E-state index in [1.54, 1.807) is 36.5 Å². The molecule has 1 aliphatic rings. The second-order valence-corrected chi connectivity index (χ2v) is 6.41. The minimum atomic E-state index is -0.261. The molecule has 2 aromatic rings. The summed E-state index contributed by atoms with van der Waals surface area (Å²) < 4.78 is 0. The molecule has 1 saturated heterocycles. The molecule has 136 valence electrons. The third kappa shape index (κ3) is 4.26. The topological polar surface area (TPSA) is 65.5 Å². The molecule has 0 bridgehead atoms. The summed E-state index contributed by atoms with van der Waals surface area (Å²) in [6, 6.07) is 10.5. The van der Waals surface area contributed by atoms with Gasteiger partial charge in [0.25, 0.3) is 5.91 Å². The number of piperazine rings is 1. The van der Waals surface area contributed by atoms with E-state index in [1.807, 2.05) is 6.07 Å². The van der Waals surface area contributed by atoms with Crippen molar-refractivity contribution in [1.82, 2.24) is 9.88 Å². The third-order valence-electron chi connectivity index (χ3n) is 4.71. The Hall–Kier alpha value is -2.73. The molecule has 0 atom stereocenters. The van der Waals surface area contributed by atoms with Crippen LogP contribution < -0.4 is 10.2 Å². The van der Waals surface area contributed by atoms with E-state index in [0.717, 1.165) is 38.4 Å². The maximum atomic E-state index is 12.3. The normalized spacial score (nSPS) is 14.9. The van der Waals surface area contributed by atoms with Crippen LogP contribution in [0.5, 0.6) is 0 Å². The van der Waals surface area contributed by atoms with Crippen molar-refractivity contribution in [1.29, 1.82) is 0 Å². The highest BCUT2D eigenvalue weighted by Crippen LogP contribution is 2.17. The molecule has 0 spiro atoms. The zero-order valence-corrected chi connectivity index (χ0v) is 15.2. The lowest BCUT2D eigenvalue weighted by molar-refractivity contribution is 0.101. The number of Topliss-reactive ketones (excluding diaryl/α,β-unsaturated/α-hetero) is 1. The number of hydrogen-bond donors (Lipinski definition) is 1. The Labute approximate surface area is 153 Å². The second kappa shape index (κ2) is 8.10. The first kappa shape index (κ1) is 18.1. The zero-order chi connectivity index (χ0) is 18.5. The third-order valence-corrected chi connectivity index (χ3v) is 4.71. The number of nitrogens with one attached hydrogen (secondary N) is 1. The number of ketones is 1. The van der Waals surface area contributed by atoms with Gasteiger partial charge in [0, 0.05) is 37.4 Å². The van der Waals surface area contributed by atoms with Crippen molar-refractivity contribution in [2.75, 3.05) is 42.9 Å². The molecule has 1 amide bonds. The van der Waals surface area contributed by atoms with E-state index in [0.29, 0.717) is 16.9 Å². The summed E-state index contributed by atoms with van der Waals surface area (Å²) >= 11 is 0. The smallest absolute Gasteiger partial charge is 0.274 e. The molecule has 0 aliphatic carbocycles. The van der Waals surface area contributed by atoms with Gasteiger partial charge in [-0.3, -0.25) is 9.59 Å². The molecule has 3 rings (SSSR count). The number of carbonyl (C=O) groups excluding carboxylic acids is 2. The molecule has 2 heterocycles. The van der Waals surface area contributed by atoms with Crippen molar-refractivity contribution in [3.05, 3.63) is 53.9 Å². The van der Waals surface area contributed by atoms with E-state index in [4.69, 9.17) is 0 Å². The summed E-state index contributed by atoms with van der Waals surface area (Å²) in [5, 5.41) is 2.80. The van der Waals surface area contributed by atoms with E-state index in [9.17, 15) is 9.59 Å². The highest BCUT2D eigenvalue weighted by molar-refractivity contribution is 6.03. The van der Waals surface area contributed by atoms with Gasteiger partial charge in [0.2, 0.25) is 0 Å². The van der Waals surface area contributed by atoms with Gasteiger partial charge < -0.3 is 15.1 Å². The Morgan fingerprint density at radius 2 is 1.73 bits per heavy atom. The molecule has 1 aliphatic heterocycles. The predicted octanol–water partition coefficient (Wildman–Crippen LogP) is 2.68. The van der Waals surface area contributed by atoms with Gasteiger partial charge >= 0.3 is 0 Å². The van der Waals surface area contributed by atoms with Crippen molar-refractivity contribution < 1.29 is 9.59 Å². The molecule has 1 aromatic carbocycles. The van der Waals surface area contributed by atoms with Crippen LogP contribution in [-0.4, -0.2) is 54.3 Å². The summed E-state index contributed by atoms with van der Waals surface area (Å²) in [6.07, 6.45) is 1.76. The number of hydrogen-bond acceptors (Lipinski definition) is 5. The van der Waals surface area contributed by atoms with Gasteiger partial charge in [0.1, 0.15) is 5.69 Å². The first-order valence-electron chi connectivity index (χ1n) is 8.92. The number of benzene rings is 1. The fourth-order valence-electron chi connectivity index (χ4n) is 3.01. The summed E-state index contributed by atoms with van der Waals surface area (Å²) in [4.78, 5) is 32.7. The number of amides is 1. The summed E-state index contributed by atoms with van der Waals surface area (Å²) in [5.74, 6) is -0.261. The van der Waals surface area contributed by atoms with Crippen molar-refractivity contribution in [3.63, 3.8) is 0 Å². The number of rotatable bonds is 5. The predicted molar refractivity (Wildman–Crippen MR) is 103 cm³/mol. The average molecular weight is 352 g/mol. The first-order chi connectivity index (χ1) is 12.6. The monoisotopic (exact) mass is 352 g/mol. The fourth-order valence-corrected chi connectivity index (χ4v) is 3.01. The minimum absolute atomic E-state index is 0.0000906. The molecule has 6 heteroatoms. The van der Waals surface area contributed by atoms with Crippen LogP contribution in [0, 0.1) is 0 Å². The summed E-state index contributed by atoms with van der Waals surface area (Å²) in [6.45, 7) is 8.83. The number of likely N-dealkylation sites (N-methyl/N-ethyl adjacent to an activating group) is 1. The minimum Gasteiger partial charge on any atom is -0.368 e. The number of pyridine rings is 1. The van der Waals surface area contributed by atoms with E-state index in [-0.39, 0.29) is 11.7 Å². The largest absolute Gasteiger partial charge is 0.368 e. The van der Waals surface area contributed by atoms with Gasteiger partial charge in [-0.1, -0.05) is 6.92 Å². The number of aromatic nitrogens is 1. The van der Waals surface area contributed by atoms with E-state index in [1.165, 1.54) is 6.92 Å². The molecule has 0 unspecified atom stereocenters. The van der Waals surface area contributed by atoms with Gasteiger partial charge in [-0.25, -0.2) is 4.98 Å². The molecule has 1 N–H and O–H groups in total. The number of nitrogens with zero attached hydrogens (tertiary/aromatic N) is 3. The first-order valence-corrected chi connectivity index (χ1v) is 8.92. The van der Waals surface area contributed by atoms with Crippen molar-refractivity contribution in [3.8, 4) is 0 Å². The highest BCUT2D eigenvalue weighted by atomic mass is 16.2. The number of anilines is 2. The lowest BCUT2D eigenvalue weighted by Gasteiger charge is -2.35. The maximum absolute atomic E-state index is 12.3. The fraction of sp³-hybridized carbons (Fsp3) is 0.350. The van der Waals surface area contributed by atoms with Crippen LogP contribution in [0.2, 0.25) is 0 Å². The second-order valence-electron chi connectivity index (χ2n) is 6.41. The Kier molecular flexibility index (Phi) is 5.63. The standard InChI is InChI=1S/C20H24N4O2/c1-3-23-10-12-24(13-11-23)18-8-9-19(21-14-18)20(26)22-17-6-4-16(5-7-17)15(2)25/h4-9,14H,3,10-13H2,1-2H3,(H,22,26). The Morgan fingerprint density at radius 3 is 2.27 bits per heavy atom. The van der Waals surface area contributed by atoms with E-state index < -0.39 is 0 Å². The lowest BCUT2D eigenvalue weighted by atomic mass is 10.1. The van der Waals surface area contributed by atoms with E-state index >= 15 is 0 Å². The lowest BCUT2D eigenvalue weighted by Crippen LogP contribution is -2.46. The van der Waals surface area contributed by atoms with Gasteiger partial charge in [0.05, 0.1) is 11.9 Å². The summed E-state index contributed by atoms with van der Waals surface area (Å²) in [5.41, 5.74) is 2.68.